The van der Waals surface area contributed by atoms with E-state index in [1.165, 1.54) is 20.9 Å². The first kappa shape index (κ1) is 27.8. The van der Waals surface area contributed by atoms with Gasteiger partial charge >= 0.3 is 0 Å². The second-order valence-corrected chi connectivity index (χ2v) is 13.5. The SMILES string of the molecule is c1ccc2cc(-c3cc(-c4cc5ccccc5cn4)c(-c4cc5ccccc5o4)c(-c4cc5ccccc5s4)c3-c3ccoc3)ccc2c1. The molecule has 4 heteroatoms. The van der Waals surface area contributed by atoms with Crippen molar-refractivity contribution in [3.8, 4) is 55.3 Å². The van der Waals surface area contributed by atoms with Crippen LogP contribution in [0, 0.1) is 0 Å². The molecule has 0 aliphatic rings. The second kappa shape index (κ2) is 11.2. The van der Waals surface area contributed by atoms with Crippen molar-refractivity contribution < 1.29 is 8.83 Å². The highest BCUT2D eigenvalue weighted by Gasteiger charge is 2.28. The molecule has 0 aliphatic heterocycles. The third-order valence-corrected chi connectivity index (χ3v) is 10.6. The summed E-state index contributed by atoms with van der Waals surface area (Å²) in [5.74, 6) is 0.799. The van der Waals surface area contributed by atoms with Crippen LogP contribution >= 0.6 is 11.3 Å². The van der Waals surface area contributed by atoms with Crippen LogP contribution in [0.15, 0.2) is 173 Å². The molecule has 0 atom stereocenters. The molecule has 0 saturated heterocycles. The molecule has 0 fully saturated rings. The quantitative estimate of drug-likeness (QED) is 0.187. The predicted octanol–water partition coefficient (Wildman–Crippen LogP) is 13.3. The average Bonchev–Trinajstić information content (AvgIpc) is 3.94. The molecule has 6 aromatic carbocycles. The summed E-state index contributed by atoms with van der Waals surface area (Å²) in [4.78, 5) is 6.27. The number of hydrogen-bond acceptors (Lipinski definition) is 4. The van der Waals surface area contributed by atoms with Gasteiger partial charge in [-0.05, 0) is 81.2 Å². The molecule has 0 N–H and O–H groups in total. The Morgan fingerprint density at radius 3 is 2.02 bits per heavy atom. The number of nitrogens with zero attached hydrogens (tertiary/aromatic N) is 1. The monoisotopic (exact) mass is 645 g/mol. The first-order valence-corrected chi connectivity index (χ1v) is 17.1. The lowest BCUT2D eigenvalue weighted by molar-refractivity contribution is 0.568. The lowest BCUT2D eigenvalue weighted by Crippen LogP contribution is -1.97. The molecule has 10 aromatic rings. The van der Waals surface area contributed by atoms with Crippen molar-refractivity contribution in [3.63, 3.8) is 0 Å². The standard InChI is InChI=1S/C45H27NO2S/c1-2-10-29-21-31(18-17-28(29)9-1)36-25-37(38-22-30-11-3-4-14-34(30)26-46-38)44(40-23-32-12-5-7-15-39(32)48-40)45(43(36)35-19-20-47-27-35)42-24-33-13-6-8-16-41(33)49-42/h1-27H. The molecule has 0 unspecified atom stereocenters. The van der Waals surface area contributed by atoms with Crippen LogP contribution in [0.3, 0.4) is 0 Å². The lowest BCUT2D eigenvalue weighted by Gasteiger charge is -2.21. The van der Waals surface area contributed by atoms with E-state index in [-0.39, 0.29) is 0 Å². The summed E-state index contributed by atoms with van der Waals surface area (Å²) in [5, 5.41) is 6.89. The molecule has 0 bridgehead atoms. The molecule has 0 spiro atoms. The van der Waals surface area contributed by atoms with Crippen molar-refractivity contribution in [1.29, 1.82) is 0 Å². The van der Waals surface area contributed by atoms with Crippen molar-refractivity contribution in [2.75, 3.05) is 0 Å². The maximum Gasteiger partial charge on any atom is 0.136 e. The van der Waals surface area contributed by atoms with Gasteiger partial charge in [0.1, 0.15) is 11.3 Å². The van der Waals surface area contributed by atoms with Gasteiger partial charge in [-0.25, -0.2) is 0 Å². The molecule has 49 heavy (non-hydrogen) atoms. The van der Waals surface area contributed by atoms with Gasteiger partial charge in [0.25, 0.3) is 0 Å². The zero-order chi connectivity index (χ0) is 32.3. The number of thiophene rings is 1. The van der Waals surface area contributed by atoms with Crippen molar-refractivity contribution in [2.45, 2.75) is 0 Å². The first-order chi connectivity index (χ1) is 24.3. The number of rotatable bonds is 5. The normalized spacial score (nSPS) is 11.7. The van der Waals surface area contributed by atoms with Gasteiger partial charge in [0.15, 0.2) is 0 Å². The highest BCUT2D eigenvalue weighted by molar-refractivity contribution is 7.22. The molecular formula is C45H27NO2S. The summed E-state index contributed by atoms with van der Waals surface area (Å²) in [6, 6.07) is 51.5. The van der Waals surface area contributed by atoms with Crippen LogP contribution in [0.2, 0.25) is 0 Å². The molecule has 10 rings (SSSR count). The van der Waals surface area contributed by atoms with Crippen LogP contribution in [0.5, 0.6) is 0 Å². The minimum atomic E-state index is 0.799. The van der Waals surface area contributed by atoms with Gasteiger partial charge in [-0.1, -0.05) is 97.1 Å². The van der Waals surface area contributed by atoms with Crippen LogP contribution in [0.25, 0.3) is 97.9 Å². The average molecular weight is 646 g/mol. The van der Waals surface area contributed by atoms with E-state index in [0.29, 0.717) is 0 Å². The Morgan fingerprint density at radius 2 is 1.22 bits per heavy atom. The zero-order valence-corrected chi connectivity index (χ0v) is 27.1. The largest absolute Gasteiger partial charge is 0.472 e. The number of fused-ring (bicyclic) bond motifs is 4. The molecule has 230 valence electrons. The van der Waals surface area contributed by atoms with Crippen molar-refractivity contribution in [1.82, 2.24) is 4.98 Å². The first-order valence-electron chi connectivity index (χ1n) is 16.3. The zero-order valence-electron chi connectivity index (χ0n) is 26.3. The Bertz CT molecular complexity index is 2770. The third-order valence-electron chi connectivity index (χ3n) is 9.45. The molecule has 0 saturated carbocycles. The summed E-state index contributed by atoms with van der Waals surface area (Å²) < 4.78 is 13.8. The van der Waals surface area contributed by atoms with Crippen LogP contribution in [0.1, 0.15) is 0 Å². The number of aromatic nitrogens is 1. The molecule has 3 nitrogen and oxygen atoms in total. The van der Waals surface area contributed by atoms with E-state index in [2.05, 4.69) is 133 Å². The highest BCUT2D eigenvalue weighted by Crippen LogP contribution is 2.53. The van der Waals surface area contributed by atoms with Gasteiger partial charge in [0.2, 0.25) is 0 Å². The maximum absolute atomic E-state index is 6.77. The highest BCUT2D eigenvalue weighted by atomic mass is 32.1. The van der Waals surface area contributed by atoms with Crippen LogP contribution in [-0.2, 0) is 0 Å². The number of para-hydroxylation sites is 1. The van der Waals surface area contributed by atoms with Gasteiger partial charge in [-0.3, -0.25) is 4.98 Å². The van der Waals surface area contributed by atoms with Gasteiger partial charge in [0, 0.05) is 54.4 Å². The minimum absolute atomic E-state index is 0.799. The van der Waals surface area contributed by atoms with Crippen LogP contribution in [-0.4, -0.2) is 4.98 Å². The van der Waals surface area contributed by atoms with E-state index in [9.17, 15) is 0 Å². The van der Waals surface area contributed by atoms with Gasteiger partial charge < -0.3 is 8.83 Å². The number of hydrogen-bond donors (Lipinski definition) is 0. The number of pyridine rings is 1. The van der Waals surface area contributed by atoms with E-state index in [4.69, 9.17) is 13.8 Å². The van der Waals surface area contributed by atoms with Crippen molar-refractivity contribution in [2.24, 2.45) is 0 Å². The van der Waals surface area contributed by atoms with E-state index in [1.807, 2.05) is 24.6 Å². The van der Waals surface area contributed by atoms with E-state index < -0.39 is 0 Å². The Labute approximate surface area is 286 Å². The molecule has 0 radical (unpaired) electrons. The fourth-order valence-electron chi connectivity index (χ4n) is 7.12. The predicted molar refractivity (Wildman–Crippen MR) is 204 cm³/mol. The van der Waals surface area contributed by atoms with Crippen LogP contribution < -0.4 is 0 Å². The maximum atomic E-state index is 6.77. The van der Waals surface area contributed by atoms with Crippen LogP contribution in [0.4, 0.5) is 0 Å². The molecule has 0 aliphatic carbocycles. The van der Waals surface area contributed by atoms with Gasteiger partial charge in [-0.2, -0.15) is 0 Å². The molecule has 4 heterocycles. The number of benzene rings is 6. The van der Waals surface area contributed by atoms with Crippen molar-refractivity contribution >= 4 is 53.9 Å². The summed E-state index contributed by atoms with van der Waals surface area (Å²) in [5.41, 5.74) is 9.16. The summed E-state index contributed by atoms with van der Waals surface area (Å²) in [6.07, 6.45) is 5.59. The van der Waals surface area contributed by atoms with Crippen molar-refractivity contribution in [3.05, 3.63) is 164 Å². The number of furan rings is 2. The van der Waals surface area contributed by atoms with E-state index in [1.54, 1.807) is 17.6 Å². The fourth-order valence-corrected chi connectivity index (χ4v) is 8.24. The smallest absolute Gasteiger partial charge is 0.136 e. The second-order valence-electron chi connectivity index (χ2n) is 12.4. The summed E-state index contributed by atoms with van der Waals surface area (Å²) >= 11 is 1.80. The van der Waals surface area contributed by atoms with Gasteiger partial charge in [0.05, 0.1) is 18.2 Å². The lowest BCUT2D eigenvalue weighted by atomic mass is 9.83. The molecular weight excluding hydrogens is 619 g/mol. The third kappa shape index (κ3) is 4.68. The Morgan fingerprint density at radius 1 is 0.490 bits per heavy atom. The molecule has 0 amide bonds. The van der Waals surface area contributed by atoms with E-state index >= 15 is 0 Å². The van der Waals surface area contributed by atoms with Gasteiger partial charge in [-0.15, -0.1) is 11.3 Å². The van der Waals surface area contributed by atoms with E-state index in [0.717, 1.165) is 77.0 Å². The summed E-state index contributed by atoms with van der Waals surface area (Å²) in [7, 11) is 0. The Balaban J connectivity index is 1.40. The topological polar surface area (TPSA) is 39.2 Å². The Hall–Kier alpha value is -6.23. The summed E-state index contributed by atoms with van der Waals surface area (Å²) in [6.45, 7) is 0. The Kier molecular flexibility index (Phi) is 6.36. The minimum Gasteiger partial charge on any atom is -0.472 e. The molecule has 4 aromatic heterocycles. The fraction of sp³-hybridized carbons (Fsp3) is 0.